The molecular formula is C18H14BrN5. The standard InChI is InChI=1S/C18H14BrN5/c19-14-7-4-8-15(9-14)23-17-16-18(21-11-20-17)24(12-22-16)10-13-5-2-1-3-6-13/h1-9,11-12H,10H2,(H,20,21,23). The van der Waals surface area contributed by atoms with E-state index >= 15 is 0 Å². The molecule has 4 rings (SSSR count). The Bertz CT molecular complexity index is 981. The minimum atomic E-state index is 0.699. The molecule has 0 aliphatic carbocycles. The van der Waals surface area contributed by atoms with Crippen molar-refractivity contribution in [1.29, 1.82) is 0 Å². The lowest BCUT2D eigenvalue weighted by Crippen LogP contribution is -2.00. The van der Waals surface area contributed by atoms with E-state index in [0.29, 0.717) is 5.82 Å². The Kier molecular flexibility index (Phi) is 3.96. The van der Waals surface area contributed by atoms with E-state index in [2.05, 4.69) is 48.3 Å². The number of hydrogen-bond acceptors (Lipinski definition) is 4. The van der Waals surface area contributed by atoms with E-state index in [1.165, 1.54) is 5.56 Å². The molecule has 4 aromatic rings. The molecule has 1 N–H and O–H groups in total. The molecule has 0 amide bonds. The van der Waals surface area contributed by atoms with Gasteiger partial charge in [0.2, 0.25) is 0 Å². The first-order valence-corrected chi connectivity index (χ1v) is 8.31. The quantitative estimate of drug-likeness (QED) is 0.571. The average Bonchev–Trinajstić information content (AvgIpc) is 3.00. The molecule has 0 atom stereocenters. The first kappa shape index (κ1) is 14.8. The van der Waals surface area contributed by atoms with E-state index in [-0.39, 0.29) is 0 Å². The number of aromatic nitrogens is 4. The van der Waals surface area contributed by atoms with Crippen molar-refractivity contribution in [3.63, 3.8) is 0 Å². The first-order valence-electron chi connectivity index (χ1n) is 7.52. The monoisotopic (exact) mass is 379 g/mol. The summed E-state index contributed by atoms with van der Waals surface area (Å²) in [5.74, 6) is 0.699. The van der Waals surface area contributed by atoms with Gasteiger partial charge in [0.1, 0.15) is 6.33 Å². The second-order valence-corrected chi connectivity index (χ2v) is 6.30. The molecule has 0 radical (unpaired) electrons. The normalized spacial score (nSPS) is 10.9. The second kappa shape index (κ2) is 6.41. The molecule has 5 nitrogen and oxygen atoms in total. The Morgan fingerprint density at radius 2 is 1.83 bits per heavy atom. The number of benzene rings is 2. The van der Waals surface area contributed by atoms with Gasteiger partial charge in [-0.25, -0.2) is 15.0 Å². The fourth-order valence-corrected chi connectivity index (χ4v) is 2.97. The van der Waals surface area contributed by atoms with Crippen LogP contribution in [0.5, 0.6) is 0 Å². The molecule has 0 aliphatic heterocycles. The lowest BCUT2D eigenvalue weighted by Gasteiger charge is -2.07. The zero-order valence-electron chi connectivity index (χ0n) is 12.7. The van der Waals surface area contributed by atoms with E-state index < -0.39 is 0 Å². The van der Waals surface area contributed by atoms with Gasteiger partial charge in [0.05, 0.1) is 12.9 Å². The Hall–Kier alpha value is -2.73. The van der Waals surface area contributed by atoms with E-state index in [9.17, 15) is 0 Å². The van der Waals surface area contributed by atoms with E-state index in [1.807, 2.05) is 47.0 Å². The van der Waals surface area contributed by atoms with Crippen LogP contribution in [-0.4, -0.2) is 19.5 Å². The maximum Gasteiger partial charge on any atom is 0.165 e. The van der Waals surface area contributed by atoms with Crippen LogP contribution < -0.4 is 5.32 Å². The number of nitrogens with one attached hydrogen (secondary N) is 1. The highest BCUT2D eigenvalue weighted by atomic mass is 79.9. The molecule has 0 fully saturated rings. The molecule has 6 heteroatoms. The van der Waals surface area contributed by atoms with Gasteiger partial charge in [-0.3, -0.25) is 0 Å². The molecule has 2 aromatic carbocycles. The Morgan fingerprint density at radius 3 is 2.67 bits per heavy atom. The number of nitrogens with zero attached hydrogens (tertiary/aromatic N) is 4. The molecular weight excluding hydrogens is 366 g/mol. The van der Waals surface area contributed by atoms with Gasteiger partial charge in [0, 0.05) is 10.2 Å². The van der Waals surface area contributed by atoms with E-state index in [4.69, 9.17) is 0 Å². The highest BCUT2D eigenvalue weighted by Gasteiger charge is 2.10. The summed E-state index contributed by atoms with van der Waals surface area (Å²) in [6, 6.07) is 18.2. The summed E-state index contributed by atoms with van der Waals surface area (Å²) in [7, 11) is 0. The smallest absolute Gasteiger partial charge is 0.165 e. The van der Waals surface area contributed by atoms with Crippen molar-refractivity contribution in [3.8, 4) is 0 Å². The highest BCUT2D eigenvalue weighted by molar-refractivity contribution is 9.10. The summed E-state index contributed by atoms with van der Waals surface area (Å²) < 4.78 is 3.03. The zero-order chi connectivity index (χ0) is 16.4. The van der Waals surface area contributed by atoms with Crippen LogP contribution in [-0.2, 0) is 6.54 Å². The molecule has 2 aromatic heterocycles. The molecule has 118 valence electrons. The van der Waals surface area contributed by atoms with Crippen LogP contribution in [0.3, 0.4) is 0 Å². The number of halogens is 1. The molecule has 24 heavy (non-hydrogen) atoms. The Morgan fingerprint density at radius 1 is 0.958 bits per heavy atom. The molecule has 0 spiro atoms. The van der Waals surface area contributed by atoms with Crippen LogP contribution in [0.4, 0.5) is 11.5 Å². The van der Waals surface area contributed by atoms with Gasteiger partial charge in [-0.2, -0.15) is 0 Å². The highest BCUT2D eigenvalue weighted by Crippen LogP contribution is 2.24. The van der Waals surface area contributed by atoms with Gasteiger partial charge in [-0.15, -0.1) is 0 Å². The van der Waals surface area contributed by atoms with Gasteiger partial charge in [-0.05, 0) is 23.8 Å². The summed E-state index contributed by atoms with van der Waals surface area (Å²) in [6.07, 6.45) is 3.37. The van der Waals surface area contributed by atoms with Crippen molar-refractivity contribution >= 4 is 38.6 Å². The van der Waals surface area contributed by atoms with Crippen LogP contribution in [0.15, 0.2) is 71.7 Å². The largest absolute Gasteiger partial charge is 0.338 e. The van der Waals surface area contributed by atoms with Gasteiger partial charge in [0.15, 0.2) is 17.0 Å². The van der Waals surface area contributed by atoms with E-state index in [1.54, 1.807) is 12.7 Å². The molecule has 0 aliphatic rings. The van der Waals surface area contributed by atoms with Crippen molar-refractivity contribution in [2.75, 3.05) is 5.32 Å². The van der Waals surface area contributed by atoms with Crippen LogP contribution in [0, 0.1) is 0 Å². The van der Waals surface area contributed by atoms with E-state index in [0.717, 1.165) is 27.9 Å². The first-order chi connectivity index (χ1) is 11.8. The summed E-state index contributed by atoms with van der Waals surface area (Å²) in [6.45, 7) is 0.727. The molecule has 0 saturated heterocycles. The lowest BCUT2D eigenvalue weighted by atomic mass is 10.2. The zero-order valence-corrected chi connectivity index (χ0v) is 14.3. The number of fused-ring (bicyclic) bond motifs is 1. The van der Waals surface area contributed by atoms with Gasteiger partial charge in [0.25, 0.3) is 0 Å². The predicted molar refractivity (Wildman–Crippen MR) is 98.3 cm³/mol. The minimum absolute atomic E-state index is 0.699. The van der Waals surface area contributed by atoms with Crippen molar-refractivity contribution in [1.82, 2.24) is 19.5 Å². The van der Waals surface area contributed by atoms with Crippen LogP contribution in [0.25, 0.3) is 11.2 Å². The van der Waals surface area contributed by atoms with Crippen molar-refractivity contribution in [2.24, 2.45) is 0 Å². The van der Waals surface area contributed by atoms with Crippen LogP contribution in [0.1, 0.15) is 5.56 Å². The molecule has 0 saturated carbocycles. The summed E-state index contributed by atoms with van der Waals surface area (Å²) in [5, 5.41) is 3.31. The fraction of sp³-hybridized carbons (Fsp3) is 0.0556. The summed E-state index contributed by atoms with van der Waals surface area (Å²) >= 11 is 3.47. The van der Waals surface area contributed by atoms with Gasteiger partial charge >= 0.3 is 0 Å². The third kappa shape index (κ3) is 3.00. The topological polar surface area (TPSA) is 55.6 Å². The maximum absolute atomic E-state index is 4.50. The third-order valence-electron chi connectivity index (χ3n) is 3.68. The maximum atomic E-state index is 4.50. The molecule has 0 unspecified atom stereocenters. The van der Waals surface area contributed by atoms with Crippen molar-refractivity contribution in [2.45, 2.75) is 6.54 Å². The van der Waals surface area contributed by atoms with Crippen LogP contribution in [0.2, 0.25) is 0 Å². The lowest BCUT2D eigenvalue weighted by molar-refractivity contribution is 0.813. The number of rotatable bonds is 4. The molecule has 2 heterocycles. The van der Waals surface area contributed by atoms with Crippen molar-refractivity contribution in [3.05, 3.63) is 77.3 Å². The van der Waals surface area contributed by atoms with Gasteiger partial charge < -0.3 is 9.88 Å². The minimum Gasteiger partial charge on any atom is -0.338 e. The number of imidazole rings is 1. The van der Waals surface area contributed by atoms with Gasteiger partial charge in [-0.1, -0.05) is 52.3 Å². The number of hydrogen-bond donors (Lipinski definition) is 1. The number of anilines is 2. The fourth-order valence-electron chi connectivity index (χ4n) is 2.57. The Labute approximate surface area is 147 Å². The SMILES string of the molecule is Brc1cccc(Nc2ncnc3c2ncn3Cc2ccccc2)c1. The second-order valence-electron chi connectivity index (χ2n) is 5.39. The Balaban J connectivity index is 1.68. The summed E-state index contributed by atoms with van der Waals surface area (Å²) in [4.78, 5) is 13.2. The third-order valence-corrected chi connectivity index (χ3v) is 4.18. The predicted octanol–water partition coefficient (Wildman–Crippen LogP) is 4.38. The molecule has 0 bridgehead atoms. The summed E-state index contributed by atoms with van der Waals surface area (Å²) in [5.41, 5.74) is 3.72. The average molecular weight is 380 g/mol. The van der Waals surface area contributed by atoms with Crippen LogP contribution >= 0.6 is 15.9 Å². The van der Waals surface area contributed by atoms with Crippen molar-refractivity contribution < 1.29 is 0 Å².